The van der Waals surface area contributed by atoms with E-state index in [0.717, 1.165) is 22.8 Å². The maximum atomic E-state index is 12.3. The number of carbonyl (C=O) groups excluding carboxylic acids is 2. The van der Waals surface area contributed by atoms with E-state index < -0.39 is 12.2 Å². The second-order valence-corrected chi connectivity index (χ2v) is 7.51. The Bertz CT molecular complexity index is 1110. The molecule has 1 aromatic carbocycles. The van der Waals surface area contributed by atoms with Crippen LogP contribution in [0.5, 0.6) is 5.75 Å². The molecule has 4 rings (SSSR count). The fourth-order valence-corrected chi connectivity index (χ4v) is 3.31. The normalized spacial score (nSPS) is 15.5. The van der Waals surface area contributed by atoms with Gasteiger partial charge in [-0.25, -0.2) is 4.79 Å². The summed E-state index contributed by atoms with van der Waals surface area (Å²) >= 11 is 0. The minimum Gasteiger partial charge on any atom is -0.487 e. The summed E-state index contributed by atoms with van der Waals surface area (Å²) in [4.78, 5) is 34.8. The van der Waals surface area contributed by atoms with Gasteiger partial charge in [0.1, 0.15) is 18.5 Å². The molecule has 1 N–H and O–H groups in total. The van der Waals surface area contributed by atoms with Crippen LogP contribution in [0.15, 0.2) is 47.1 Å². The zero-order chi connectivity index (χ0) is 22.7. The van der Waals surface area contributed by atoms with Gasteiger partial charge >= 0.3 is 6.09 Å². The molecular weight excluding hydrogens is 412 g/mol. The number of rotatable bonds is 7. The number of nitrogens with one attached hydrogen (secondary N) is 1. The number of furan rings is 1. The summed E-state index contributed by atoms with van der Waals surface area (Å²) in [5.41, 5.74) is 4.11. The van der Waals surface area contributed by atoms with Gasteiger partial charge in [-0.15, -0.1) is 0 Å². The van der Waals surface area contributed by atoms with Crippen LogP contribution in [-0.2, 0) is 11.3 Å². The average molecular weight is 436 g/mol. The van der Waals surface area contributed by atoms with Gasteiger partial charge in [-0.3, -0.25) is 19.7 Å². The summed E-state index contributed by atoms with van der Waals surface area (Å²) in [5.74, 6) is 0.515. The summed E-state index contributed by atoms with van der Waals surface area (Å²) in [7, 11) is 0. The quantitative estimate of drug-likeness (QED) is 0.605. The van der Waals surface area contributed by atoms with Crippen molar-refractivity contribution in [2.45, 2.75) is 33.5 Å². The first kappa shape index (κ1) is 21.4. The van der Waals surface area contributed by atoms with E-state index in [1.165, 1.54) is 11.2 Å². The average Bonchev–Trinajstić information content (AvgIpc) is 3.44. The second-order valence-electron chi connectivity index (χ2n) is 7.51. The Balaban J connectivity index is 1.32. The number of cyclic esters (lactones) is 1. The monoisotopic (exact) mass is 436 g/mol. The summed E-state index contributed by atoms with van der Waals surface area (Å²) in [6.07, 6.45) is 0.510. The van der Waals surface area contributed by atoms with E-state index in [9.17, 15) is 9.59 Å². The summed E-state index contributed by atoms with van der Waals surface area (Å²) < 4.78 is 16.3. The highest BCUT2D eigenvalue weighted by atomic mass is 16.6. The minimum absolute atomic E-state index is 0.194. The number of ether oxygens (including phenoxy) is 2. The van der Waals surface area contributed by atoms with E-state index in [0.29, 0.717) is 24.6 Å². The molecule has 166 valence electrons. The zero-order valence-electron chi connectivity index (χ0n) is 18.1. The molecule has 1 atom stereocenters. The van der Waals surface area contributed by atoms with Crippen molar-refractivity contribution in [1.29, 1.82) is 0 Å². The zero-order valence-corrected chi connectivity index (χ0v) is 18.1. The van der Waals surface area contributed by atoms with Crippen LogP contribution in [0, 0.1) is 20.8 Å². The van der Waals surface area contributed by atoms with Crippen LogP contribution >= 0.6 is 0 Å². The first-order chi connectivity index (χ1) is 15.4. The molecule has 0 spiro atoms. The lowest BCUT2D eigenvalue weighted by molar-refractivity contribution is 0.0889. The number of anilines is 1. The van der Waals surface area contributed by atoms with Crippen molar-refractivity contribution in [1.82, 2.24) is 15.3 Å². The molecule has 32 heavy (non-hydrogen) atoms. The third-order valence-corrected chi connectivity index (χ3v) is 5.21. The molecule has 0 unspecified atom stereocenters. The molecule has 2 amide bonds. The van der Waals surface area contributed by atoms with E-state index in [-0.39, 0.29) is 18.2 Å². The minimum atomic E-state index is -0.461. The third kappa shape index (κ3) is 4.72. The van der Waals surface area contributed by atoms with Crippen molar-refractivity contribution in [3.63, 3.8) is 0 Å². The Morgan fingerprint density at radius 2 is 1.88 bits per heavy atom. The fourth-order valence-electron chi connectivity index (χ4n) is 3.31. The standard InChI is InChI=1S/C23H24N4O5/c1-14-15(2)26-20(16(3)25-14)13-31-18-8-6-17(7-9-18)27-12-19(32-23(27)29)11-24-22(28)21-5-4-10-30-21/h4-10,19H,11-13H2,1-3H3,(H,24,28)/t19-/m0/s1. The molecule has 0 radical (unpaired) electrons. The summed E-state index contributed by atoms with van der Waals surface area (Å²) in [6, 6.07) is 10.4. The summed E-state index contributed by atoms with van der Waals surface area (Å²) in [5, 5.41) is 2.71. The van der Waals surface area contributed by atoms with Gasteiger partial charge in [0.15, 0.2) is 5.76 Å². The van der Waals surface area contributed by atoms with Crippen LogP contribution in [-0.4, -0.2) is 41.2 Å². The van der Waals surface area contributed by atoms with Gasteiger partial charge in [-0.1, -0.05) is 0 Å². The van der Waals surface area contributed by atoms with E-state index in [1.54, 1.807) is 36.4 Å². The number of hydrogen-bond acceptors (Lipinski definition) is 7. The number of hydrogen-bond donors (Lipinski definition) is 1. The lowest BCUT2D eigenvalue weighted by Gasteiger charge is -2.14. The highest BCUT2D eigenvalue weighted by Gasteiger charge is 2.32. The number of amides is 2. The highest BCUT2D eigenvalue weighted by Crippen LogP contribution is 2.24. The van der Waals surface area contributed by atoms with Crippen LogP contribution in [0.25, 0.3) is 0 Å². The van der Waals surface area contributed by atoms with Gasteiger partial charge in [-0.05, 0) is 57.2 Å². The Morgan fingerprint density at radius 3 is 2.59 bits per heavy atom. The Hall–Kier alpha value is -3.88. The van der Waals surface area contributed by atoms with Crippen molar-refractivity contribution in [3.05, 3.63) is 71.2 Å². The van der Waals surface area contributed by atoms with Crippen molar-refractivity contribution in [2.24, 2.45) is 0 Å². The molecule has 0 saturated carbocycles. The first-order valence-electron chi connectivity index (χ1n) is 10.2. The SMILES string of the molecule is Cc1nc(C)c(COc2ccc(N3C[C@H](CNC(=O)c4ccco4)OC3=O)cc2)nc1C. The van der Waals surface area contributed by atoms with Gasteiger partial charge in [0.25, 0.3) is 5.91 Å². The second kappa shape index (κ2) is 9.09. The van der Waals surface area contributed by atoms with Gasteiger partial charge in [0, 0.05) is 5.69 Å². The van der Waals surface area contributed by atoms with E-state index in [1.807, 2.05) is 20.8 Å². The van der Waals surface area contributed by atoms with Crippen molar-refractivity contribution in [2.75, 3.05) is 18.0 Å². The van der Waals surface area contributed by atoms with Gasteiger partial charge in [-0.2, -0.15) is 0 Å². The Morgan fingerprint density at radius 1 is 1.12 bits per heavy atom. The Kier molecular flexibility index (Phi) is 6.07. The highest BCUT2D eigenvalue weighted by molar-refractivity contribution is 5.92. The lowest BCUT2D eigenvalue weighted by atomic mass is 10.2. The molecule has 9 heteroatoms. The number of nitrogens with zero attached hydrogens (tertiary/aromatic N) is 3. The number of benzene rings is 1. The van der Waals surface area contributed by atoms with Crippen molar-refractivity contribution in [3.8, 4) is 5.75 Å². The molecule has 3 heterocycles. The molecule has 1 fully saturated rings. The van der Waals surface area contributed by atoms with Crippen LogP contribution in [0.3, 0.4) is 0 Å². The Labute approximate surface area is 185 Å². The van der Waals surface area contributed by atoms with Crippen LogP contribution in [0.2, 0.25) is 0 Å². The van der Waals surface area contributed by atoms with E-state index >= 15 is 0 Å². The molecule has 9 nitrogen and oxygen atoms in total. The molecule has 1 aliphatic rings. The van der Waals surface area contributed by atoms with E-state index in [2.05, 4.69) is 15.3 Å². The number of aryl methyl sites for hydroxylation is 3. The summed E-state index contributed by atoms with van der Waals surface area (Å²) in [6.45, 7) is 6.59. The van der Waals surface area contributed by atoms with Crippen LogP contribution in [0.1, 0.15) is 33.3 Å². The lowest BCUT2D eigenvalue weighted by Crippen LogP contribution is -2.34. The molecule has 3 aromatic rings. The maximum Gasteiger partial charge on any atom is 0.414 e. The molecule has 2 aromatic heterocycles. The van der Waals surface area contributed by atoms with Gasteiger partial charge in [0.05, 0.1) is 42.1 Å². The smallest absolute Gasteiger partial charge is 0.414 e. The predicted octanol–water partition coefficient (Wildman–Crippen LogP) is 3.33. The van der Waals surface area contributed by atoms with Gasteiger partial charge in [0.2, 0.25) is 0 Å². The molecule has 1 saturated heterocycles. The fraction of sp³-hybridized carbons (Fsp3) is 0.304. The predicted molar refractivity (Wildman–Crippen MR) is 116 cm³/mol. The van der Waals surface area contributed by atoms with Gasteiger partial charge < -0.3 is 19.2 Å². The maximum absolute atomic E-state index is 12.3. The van der Waals surface area contributed by atoms with E-state index in [4.69, 9.17) is 13.9 Å². The largest absolute Gasteiger partial charge is 0.487 e. The third-order valence-electron chi connectivity index (χ3n) is 5.21. The van der Waals surface area contributed by atoms with Crippen LogP contribution in [0.4, 0.5) is 10.5 Å². The number of carbonyl (C=O) groups is 2. The number of aromatic nitrogens is 2. The topological polar surface area (TPSA) is 107 Å². The van der Waals surface area contributed by atoms with Crippen LogP contribution < -0.4 is 15.0 Å². The molecular formula is C23H24N4O5. The molecule has 1 aliphatic heterocycles. The first-order valence-corrected chi connectivity index (χ1v) is 10.2. The van der Waals surface area contributed by atoms with Crippen molar-refractivity contribution >= 4 is 17.7 Å². The van der Waals surface area contributed by atoms with Crippen molar-refractivity contribution < 1.29 is 23.5 Å². The molecule has 0 bridgehead atoms. The molecule has 0 aliphatic carbocycles.